The molecule has 2 aromatic rings. The number of hydrogen-bond donors (Lipinski definition) is 0. The molecule has 112 valence electrons. The van der Waals surface area contributed by atoms with Crippen LogP contribution in [0.4, 0.5) is 0 Å². The van der Waals surface area contributed by atoms with E-state index in [1.807, 2.05) is 0 Å². The molecule has 0 fully saturated rings. The molecule has 23 heavy (non-hydrogen) atoms. The molecule has 0 unspecified atom stereocenters. The van der Waals surface area contributed by atoms with E-state index in [4.69, 9.17) is 4.94 Å². The van der Waals surface area contributed by atoms with Crippen LogP contribution in [-0.2, 0) is 4.94 Å². The summed E-state index contributed by atoms with van der Waals surface area (Å²) in [6.45, 7) is 0. The van der Waals surface area contributed by atoms with Crippen LogP contribution in [0.2, 0.25) is 0 Å². The summed E-state index contributed by atoms with van der Waals surface area (Å²) in [5.41, 5.74) is 0.645. The lowest BCUT2D eigenvalue weighted by atomic mass is 10.1. The fraction of sp³-hybridized carbons (Fsp3) is 0. The number of nitrogens with zero attached hydrogens (tertiary/aromatic N) is 2. The molecule has 0 aromatic heterocycles. The predicted octanol–water partition coefficient (Wildman–Crippen LogP) is 1.43. The van der Waals surface area contributed by atoms with Crippen molar-refractivity contribution < 1.29 is 24.1 Å². The molecule has 2 aromatic carbocycles. The maximum atomic E-state index is 12.2. The van der Waals surface area contributed by atoms with Gasteiger partial charge in [0.05, 0.1) is 22.3 Å². The standard InChI is InChI=1S/C16H8N2O5/c19-13-9-5-1-2-6-10(9)14(20)17(13)23-18-15(21)11-7-3-4-8-12(11)16(18)22/h1-8H. The molecule has 2 aliphatic heterocycles. The lowest BCUT2D eigenvalue weighted by Gasteiger charge is -2.18. The van der Waals surface area contributed by atoms with E-state index >= 15 is 0 Å². The van der Waals surface area contributed by atoms with Gasteiger partial charge in [-0.1, -0.05) is 24.3 Å². The van der Waals surface area contributed by atoms with Crippen molar-refractivity contribution in [3.8, 4) is 0 Å². The van der Waals surface area contributed by atoms with Crippen LogP contribution in [0, 0.1) is 0 Å². The fourth-order valence-corrected chi connectivity index (χ4v) is 2.56. The Hall–Kier alpha value is -3.32. The van der Waals surface area contributed by atoms with Crippen LogP contribution >= 0.6 is 0 Å². The first kappa shape index (κ1) is 13.4. The molecule has 0 saturated carbocycles. The van der Waals surface area contributed by atoms with Gasteiger partial charge in [-0.25, -0.2) is 0 Å². The second-order valence-electron chi connectivity index (χ2n) is 4.98. The van der Waals surface area contributed by atoms with E-state index in [1.54, 1.807) is 24.3 Å². The maximum Gasteiger partial charge on any atom is 0.287 e. The van der Waals surface area contributed by atoms with Gasteiger partial charge in [0.25, 0.3) is 23.6 Å². The number of hydroxylamine groups is 4. The molecule has 7 heteroatoms. The minimum absolute atomic E-state index is 0.161. The topological polar surface area (TPSA) is 84.0 Å². The number of fused-ring (bicyclic) bond motifs is 2. The molecule has 4 amide bonds. The first-order chi connectivity index (χ1) is 11.1. The van der Waals surface area contributed by atoms with Crippen molar-refractivity contribution in [2.24, 2.45) is 0 Å². The van der Waals surface area contributed by atoms with Crippen LogP contribution in [0.5, 0.6) is 0 Å². The summed E-state index contributed by atoms with van der Waals surface area (Å²) in [6, 6.07) is 12.3. The maximum absolute atomic E-state index is 12.2. The minimum atomic E-state index is -0.720. The minimum Gasteiger partial charge on any atom is -0.266 e. The molecule has 0 spiro atoms. The SMILES string of the molecule is O=C1c2ccccc2C(=O)N1ON1C(=O)c2ccccc2C1=O. The average Bonchev–Trinajstić information content (AvgIpc) is 2.97. The van der Waals surface area contributed by atoms with E-state index in [-0.39, 0.29) is 22.3 Å². The fourth-order valence-electron chi connectivity index (χ4n) is 2.56. The molecular formula is C16H8N2O5. The monoisotopic (exact) mass is 308 g/mol. The van der Waals surface area contributed by atoms with Crippen molar-refractivity contribution in [3.63, 3.8) is 0 Å². The number of carbonyl (C=O) groups excluding carboxylic acids is 4. The zero-order valence-corrected chi connectivity index (χ0v) is 11.6. The smallest absolute Gasteiger partial charge is 0.266 e. The second kappa shape index (κ2) is 4.59. The van der Waals surface area contributed by atoms with Gasteiger partial charge in [0, 0.05) is 0 Å². The third kappa shape index (κ3) is 1.74. The highest BCUT2D eigenvalue weighted by Crippen LogP contribution is 2.27. The molecule has 0 N–H and O–H groups in total. The van der Waals surface area contributed by atoms with Crippen molar-refractivity contribution in [2.75, 3.05) is 0 Å². The van der Waals surface area contributed by atoms with Gasteiger partial charge in [0.2, 0.25) is 0 Å². The number of hydrogen-bond acceptors (Lipinski definition) is 5. The van der Waals surface area contributed by atoms with Gasteiger partial charge in [-0.2, -0.15) is 0 Å². The van der Waals surface area contributed by atoms with Gasteiger partial charge in [0.1, 0.15) is 0 Å². The molecule has 0 atom stereocenters. The molecule has 0 radical (unpaired) electrons. The van der Waals surface area contributed by atoms with E-state index in [2.05, 4.69) is 0 Å². The highest BCUT2D eigenvalue weighted by Gasteiger charge is 2.44. The Morgan fingerprint density at radius 1 is 0.522 bits per heavy atom. The van der Waals surface area contributed by atoms with E-state index < -0.39 is 23.6 Å². The summed E-state index contributed by atoms with van der Waals surface area (Å²) < 4.78 is 0. The summed E-state index contributed by atoms with van der Waals surface area (Å²) in [4.78, 5) is 53.9. The third-order valence-electron chi connectivity index (χ3n) is 3.68. The Bertz CT molecular complexity index is 761. The van der Waals surface area contributed by atoms with Gasteiger partial charge in [-0.15, -0.1) is 15.1 Å². The highest BCUT2D eigenvalue weighted by atomic mass is 16.9. The largest absolute Gasteiger partial charge is 0.287 e. The Balaban J connectivity index is 1.66. The van der Waals surface area contributed by atoms with Crippen LogP contribution in [0.25, 0.3) is 0 Å². The van der Waals surface area contributed by atoms with Gasteiger partial charge >= 0.3 is 0 Å². The highest BCUT2D eigenvalue weighted by molar-refractivity contribution is 6.22. The summed E-state index contributed by atoms with van der Waals surface area (Å²) in [5, 5.41) is 0.846. The summed E-state index contributed by atoms with van der Waals surface area (Å²) in [6.07, 6.45) is 0. The van der Waals surface area contributed by atoms with Crippen molar-refractivity contribution in [3.05, 3.63) is 70.8 Å². The van der Waals surface area contributed by atoms with Gasteiger partial charge in [-0.05, 0) is 24.3 Å². The number of imide groups is 2. The Kier molecular flexibility index (Phi) is 2.66. The third-order valence-corrected chi connectivity index (χ3v) is 3.68. The molecule has 0 bridgehead atoms. The number of rotatable bonds is 2. The van der Waals surface area contributed by atoms with Crippen LogP contribution in [-0.4, -0.2) is 33.8 Å². The second-order valence-corrected chi connectivity index (χ2v) is 4.98. The number of amides is 4. The van der Waals surface area contributed by atoms with Crippen molar-refractivity contribution >= 4 is 23.6 Å². The van der Waals surface area contributed by atoms with Crippen LogP contribution in [0.1, 0.15) is 41.4 Å². The van der Waals surface area contributed by atoms with Crippen LogP contribution in [0.3, 0.4) is 0 Å². The predicted molar refractivity (Wildman–Crippen MR) is 75.0 cm³/mol. The van der Waals surface area contributed by atoms with Crippen LogP contribution < -0.4 is 0 Å². The number of carbonyl (C=O) groups is 4. The Morgan fingerprint density at radius 2 is 0.783 bits per heavy atom. The molecule has 2 heterocycles. The lowest BCUT2D eigenvalue weighted by molar-refractivity contribution is -0.216. The quantitative estimate of drug-likeness (QED) is 0.784. The molecule has 0 saturated heterocycles. The van der Waals surface area contributed by atoms with Gasteiger partial charge < -0.3 is 0 Å². The molecule has 0 aliphatic carbocycles. The Morgan fingerprint density at radius 3 is 1.04 bits per heavy atom. The van der Waals surface area contributed by atoms with E-state index in [0.717, 1.165) is 0 Å². The van der Waals surface area contributed by atoms with Crippen molar-refractivity contribution in [2.45, 2.75) is 0 Å². The van der Waals surface area contributed by atoms with Gasteiger partial charge in [-0.3, -0.25) is 19.2 Å². The van der Waals surface area contributed by atoms with E-state index in [0.29, 0.717) is 10.1 Å². The van der Waals surface area contributed by atoms with Gasteiger partial charge in [0.15, 0.2) is 0 Å². The molecule has 2 aliphatic rings. The van der Waals surface area contributed by atoms with Crippen molar-refractivity contribution in [1.29, 1.82) is 0 Å². The summed E-state index contributed by atoms with van der Waals surface area (Å²) in [7, 11) is 0. The van der Waals surface area contributed by atoms with E-state index in [9.17, 15) is 19.2 Å². The first-order valence-electron chi connectivity index (χ1n) is 6.73. The summed E-state index contributed by atoms with van der Waals surface area (Å²) in [5.74, 6) is -2.88. The Labute approximate surface area is 129 Å². The molecule has 7 nitrogen and oxygen atoms in total. The van der Waals surface area contributed by atoms with E-state index in [1.165, 1.54) is 24.3 Å². The molecular weight excluding hydrogens is 300 g/mol. The molecule has 4 rings (SSSR count). The lowest BCUT2D eigenvalue weighted by Crippen LogP contribution is -2.41. The van der Waals surface area contributed by atoms with Crippen molar-refractivity contribution in [1.82, 2.24) is 10.1 Å². The zero-order valence-electron chi connectivity index (χ0n) is 11.6. The summed E-state index contributed by atoms with van der Waals surface area (Å²) >= 11 is 0. The van der Waals surface area contributed by atoms with Crippen LogP contribution in [0.15, 0.2) is 48.5 Å². The average molecular weight is 308 g/mol. The first-order valence-corrected chi connectivity index (χ1v) is 6.73. The number of benzene rings is 2. The zero-order chi connectivity index (χ0) is 16.1. The normalized spacial score (nSPS) is 16.2.